The predicted octanol–water partition coefficient (Wildman–Crippen LogP) is 3.38. The van der Waals surface area contributed by atoms with E-state index in [1.54, 1.807) is 0 Å². The van der Waals surface area contributed by atoms with Crippen LogP contribution in [0.2, 0.25) is 5.02 Å². The average molecular weight is 351 g/mol. The van der Waals surface area contributed by atoms with Gasteiger partial charge in [-0.1, -0.05) is 37.6 Å². The van der Waals surface area contributed by atoms with Crippen molar-refractivity contribution >= 4 is 23.4 Å². The number of hydrogen-bond acceptors (Lipinski definition) is 2. The van der Waals surface area contributed by atoms with Gasteiger partial charge in [-0.2, -0.15) is 0 Å². The maximum atomic E-state index is 12.4. The molecule has 0 bridgehead atoms. The molecule has 0 unspecified atom stereocenters. The Kier molecular flexibility index (Phi) is 7.10. The second-order valence-electron chi connectivity index (χ2n) is 6.35. The van der Waals surface area contributed by atoms with Crippen LogP contribution < -0.4 is 0 Å². The maximum absolute atomic E-state index is 12.4. The van der Waals surface area contributed by atoms with Crippen LogP contribution in [-0.2, 0) is 16.0 Å². The minimum atomic E-state index is 0.120. The first-order valence-electron chi connectivity index (χ1n) is 8.86. The van der Waals surface area contributed by atoms with Crippen molar-refractivity contribution in [2.45, 2.75) is 39.5 Å². The molecule has 0 N–H and O–H groups in total. The first-order valence-corrected chi connectivity index (χ1v) is 9.24. The van der Waals surface area contributed by atoms with Crippen molar-refractivity contribution < 1.29 is 9.59 Å². The molecule has 0 aromatic heterocycles. The van der Waals surface area contributed by atoms with Crippen LogP contribution in [-0.4, -0.2) is 47.8 Å². The number of nitrogens with zero attached hydrogens (tertiary/aromatic N) is 2. The fraction of sp³-hybridized carbons (Fsp3) is 0.579. The van der Waals surface area contributed by atoms with Crippen LogP contribution in [0, 0.1) is 5.92 Å². The van der Waals surface area contributed by atoms with Gasteiger partial charge in [0, 0.05) is 43.5 Å². The molecule has 1 aromatic carbocycles. The lowest BCUT2D eigenvalue weighted by atomic mass is 10.0. The van der Waals surface area contributed by atoms with Gasteiger partial charge in [0.2, 0.25) is 11.8 Å². The number of benzene rings is 1. The molecule has 1 aromatic rings. The summed E-state index contributed by atoms with van der Waals surface area (Å²) in [7, 11) is 0. The molecule has 132 valence electrons. The van der Waals surface area contributed by atoms with E-state index in [4.69, 9.17) is 11.6 Å². The van der Waals surface area contributed by atoms with Crippen LogP contribution in [0.1, 0.15) is 38.7 Å². The molecule has 0 atom stereocenters. The molecule has 5 heteroatoms. The lowest BCUT2D eigenvalue weighted by Crippen LogP contribution is -2.51. The van der Waals surface area contributed by atoms with Gasteiger partial charge >= 0.3 is 0 Å². The molecule has 0 aliphatic carbocycles. The predicted molar refractivity (Wildman–Crippen MR) is 97.0 cm³/mol. The zero-order valence-electron chi connectivity index (χ0n) is 14.6. The highest BCUT2D eigenvalue weighted by atomic mass is 35.5. The summed E-state index contributed by atoms with van der Waals surface area (Å²) in [4.78, 5) is 28.5. The van der Waals surface area contributed by atoms with Gasteiger partial charge in [0.05, 0.1) is 0 Å². The Morgan fingerprint density at radius 1 is 1.08 bits per heavy atom. The fourth-order valence-corrected chi connectivity index (χ4v) is 3.39. The number of aryl methyl sites for hydroxylation is 1. The van der Waals surface area contributed by atoms with Crippen molar-refractivity contribution in [1.82, 2.24) is 9.80 Å². The van der Waals surface area contributed by atoms with E-state index in [0.717, 1.165) is 18.4 Å². The van der Waals surface area contributed by atoms with Crippen molar-refractivity contribution in [3.63, 3.8) is 0 Å². The Morgan fingerprint density at radius 2 is 1.71 bits per heavy atom. The van der Waals surface area contributed by atoms with Gasteiger partial charge in [0.25, 0.3) is 0 Å². The fourth-order valence-electron chi connectivity index (χ4n) is 3.17. The SMILES string of the molecule is CCC(CC)C(=O)N1CCN(C(=O)CCc2cccc(Cl)c2)CC1. The molecule has 0 spiro atoms. The monoisotopic (exact) mass is 350 g/mol. The topological polar surface area (TPSA) is 40.6 Å². The van der Waals surface area contributed by atoms with Gasteiger partial charge in [0.15, 0.2) is 0 Å². The molecule has 1 saturated heterocycles. The van der Waals surface area contributed by atoms with Crippen LogP contribution in [0.15, 0.2) is 24.3 Å². The Labute approximate surface area is 149 Å². The Bertz CT molecular complexity index is 564. The van der Waals surface area contributed by atoms with Crippen molar-refractivity contribution in [3.05, 3.63) is 34.9 Å². The van der Waals surface area contributed by atoms with E-state index in [0.29, 0.717) is 44.0 Å². The third-order valence-electron chi connectivity index (χ3n) is 4.80. The number of amides is 2. The molecule has 4 nitrogen and oxygen atoms in total. The second-order valence-corrected chi connectivity index (χ2v) is 6.79. The lowest BCUT2D eigenvalue weighted by molar-refractivity contribution is -0.142. The summed E-state index contributed by atoms with van der Waals surface area (Å²) in [6.07, 6.45) is 2.95. The van der Waals surface area contributed by atoms with Gasteiger partial charge in [-0.15, -0.1) is 0 Å². The first kappa shape index (κ1) is 18.8. The Balaban J connectivity index is 1.79. The first-order chi connectivity index (χ1) is 11.5. The third kappa shape index (κ3) is 4.97. The highest BCUT2D eigenvalue weighted by molar-refractivity contribution is 6.30. The van der Waals surface area contributed by atoms with Gasteiger partial charge < -0.3 is 9.80 Å². The van der Waals surface area contributed by atoms with Crippen molar-refractivity contribution in [2.75, 3.05) is 26.2 Å². The zero-order valence-corrected chi connectivity index (χ0v) is 15.4. The van der Waals surface area contributed by atoms with E-state index < -0.39 is 0 Å². The van der Waals surface area contributed by atoms with E-state index >= 15 is 0 Å². The molecule has 24 heavy (non-hydrogen) atoms. The summed E-state index contributed by atoms with van der Waals surface area (Å²) in [6, 6.07) is 7.64. The number of hydrogen-bond donors (Lipinski definition) is 0. The smallest absolute Gasteiger partial charge is 0.225 e. The zero-order chi connectivity index (χ0) is 17.5. The summed E-state index contributed by atoms with van der Waals surface area (Å²) in [6.45, 7) is 6.69. The van der Waals surface area contributed by atoms with Crippen LogP contribution in [0.5, 0.6) is 0 Å². The summed E-state index contributed by atoms with van der Waals surface area (Å²) < 4.78 is 0. The van der Waals surface area contributed by atoms with E-state index in [2.05, 4.69) is 13.8 Å². The molecular weight excluding hydrogens is 324 g/mol. The minimum Gasteiger partial charge on any atom is -0.339 e. The number of halogens is 1. The Hall–Kier alpha value is -1.55. The van der Waals surface area contributed by atoms with Gasteiger partial charge in [-0.25, -0.2) is 0 Å². The van der Waals surface area contributed by atoms with Crippen molar-refractivity contribution in [3.8, 4) is 0 Å². The van der Waals surface area contributed by atoms with E-state index in [-0.39, 0.29) is 17.7 Å². The summed E-state index contributed by atoms with van der Waals surface area (Å²) in [5.74, 6) is 0.519. The highest BCUT2D eigenvalue weighted by Crippen LogP contribution is 2.16. The summed E-state index contributed by atoms with van der Waals surface area (Å²) in [5.41, 5.74) is 1.08. The largest absolute Gasteiger partial charge is 0.339 e. The summed E-state index contributed by atoms with van der Waals surface area (Å²) >= 11 is 5.97. The number of carbonyl (C=O) groups excluding carboxylic acids is 2. The molecule has 2 rings (SSSR count). The molecule has 1 heterocycles. The van der Waals surface area contributed by atoms with E-state index in [9.17, 15) is 9.59 Å². The standard InChI is InChI=1S/C19H27ClN2O2/c1-3-16(4-2)19(24)22-12-10-21(11-13-22)18(23)9-8-15-6-5-7-17(20)14-15/h5-7,14,16H,3-4,8-13H2,1-2H3. The molecule has 0 saturated carbocycles. The third-order valence-corrected chi connectivity index (χ3v) is 5.03. The summed E-state index contributed by atoms with van der Waals surface area (Å²) in [5, 5.41) is 0.702. The van der Waals surface area contributed by atoms with Crippen molar-refractivity contribution in [2.24, 2.45) is 5.92 Å². The maximum Gasteiger partial charge on any atom is 0.225 e. The molecule has 1 aliphatic heterocycles. The lowest BCUT2D eigenvalue weighted by Gasteiger charge is -2.36. The molecule has 2 amide bonds. The van der Waals surface area contributed by atoms with E-state index in [1.807, 2.05) is 34.1 Å². The number of carbonyl (C=O) groups is 2. The molecular formula is C19H27ClN2O2. The Morgan fingerprint density at radius 3 is 2.29 bits per heavy atom. The van der Waals surface area contributed by atoms with Gasteiger partial charge in [-0.05, 0) is 37.0 Å². The van der Waals surface area contributed by atoms with Gasteiger partial charge in [0.1, 0.15) is 0 Å². The van der Waals surface area contributed by atoms with Crippen LogP contribution >= 0.6 is 11.6 Å². The molecule has 1 fully saturated rings. The number of rotatable bonds is 6. The van der Waals surface area contributed by atoms with E-state index in [1.165, 1.54) is 0 Å². The van der Waals surface area contributed by atoms with Crippen LogP contribution in [0.4, 0.5) is 0 Å². The van der Waals surface area contributed by atoms with Crippen molar-refractivity contribution in [1.29, 1.82) is 0 Å². The minimum absolute atomic E-state index is 0.120. The van der Waals surface area contributed by atoms with Crippen LogP contribution in [0.25, 0.3) is 0 Å². The highest BCUT2D eigenvalue weighted by Gasteiger charge is 2.27. The molecule has 0 radical (unpaired) electrons. The molecule has 1 aliphatic rings. The van der Waals surface area contributed by atoms with Gasteiger partial charge in [-0.3, -0.25) is 9.59 Å². The number of piperazine rings is 1. The normalized spacial score (nSPS) is 15.0. The van der Waals surface area contributed by atoms with Crippen LogP contribution in [0.3, 0.4) is 0 Å². The quantitative estimate of drug-likeness (QED) is 0.789. The average Bonchev–Trinajstić information content (AvgIpc) is 2.61. The second kappa shape index (κ2) is 9.07.